The predicted octanol–water partition coefficient (Wildman–Crippen LogP) is 3.44. The third-order valence-electron chi connectivity index (χ3n) is 4.05. The predicted molar refractivity (Wildman–Crippen MR) is 73.2 cm³/mol. The summed E-state index contributed by atoms with van der Waals surface area (Å²) >= 11 is 0. The van der Waals surface area contributed by atoms with Crippen LogP contribution in [0.25, 0.3) is 0 Å². The second kappa shape index (κ2) is 5.74. The van der Waals surface area contributed by atoms with E-state index in [1.165, 1.54) is 12.1 Å². The Hall–Kier alpha value is -1.07. The van der Waals surface area contributed by atoms with Gasteiger partial charge in [0, 0.05) is 25.2 Å². The Morgan fingerprint density at radius 1 is 1.35 bits per heavy atom. The van der Waals surface area contributed by atoms with Crippen molar-refractivity contribution in [3.8, 4) is 0 Å². The summed E-state index contributed by atoms with van der Waals surface area (Å²) in [5.74, 6) is 0.560. The van der Waals surface area contributed by atoms with Crippen LogP contribution in [0, 0.1) is 5.92 Å². The van der Waals surface area contributed by atoms with Crippen LogP contribution >= 0.6 is 0 Å². The van der Waals surface area contributed by atoms with Gasteiger partial charge in [-0.05, 0) is 37.0 Å². The molecule has 3 atom stereocenters. The van der Waals surface area contributed by atoms with Gasteiger partial charge in [0.15, 0.2) is 0 Å². The number of alkyl halides is 3. The van der Waals surface area contributed by atoms with Gasteiger partial charge < -0.3 is 5.73 Å². The third kappa shape index (κ3) is 3.15. The monoisotopic (exact) mass is 286 g/mol. The van der Waals surface area contributed by atoms with Gasteiger partial charge in [0.1, 0.15) is 0 Å². The second-order valence-electron chi connectivity index (χ2n) is 5.76. The van der Waals surface area contributed by atoms with Crippen LogP contribution in [0.1, 0.15) is 37.4 Å². The Morgan fingerprint density at radius 2 is 2.05 bits per heavy atom. The number of halogens is 3. The van der Waals surface area contributed by atoms with Crippen LogP contribution in [0.2, 0.25) is 0 Å². The van der Waals surface area contributed by atoms with E-state index in [2.05, 4.69) is 18.7 Å². The van der Waals surface area contributed by atoms with Crippen molar-refractivity contribution in [2.45, 2.75) is 38.5 Å². The molecule has 20 heavy (non-hydrogen) atoms. The summed E-state index contributed by atoms with van der Waals surface area (Å²) in [7, 11) is 0. The topological polar surface area (TPSA) is 29.3 Å². The fourth-order valence-electron chi connectivity index (χ4n) is 3.15. The van der Waals surface area contributed by atoms with Gasteiger partial charge in [0.2, 0.25) is 0 Å². The number of nitrogens with two attached hydrogens (primary N) is 1. The first-order valence-corrected chi connectivity index (χ1v) is 6.96. The van der Waals surface area contributed by atoms with Crippen LogP contribution in [0.15, 0.2) is 24.3 Å². The zero-order valence-corrected chi connectivity index (χ0v) is 11.8. The lowest BCUT2D eigenvalue weighted by Crippen LogP contribution is -2.36. The van der Waals surface area contributed by atoms with Gasteiger partial charge in [0.05, 0.1) is 5.56 Å². The van der Waals surface area contributed by atoms with Crippen molar-refractivity contribution < 1.29 is 13.2 Å². The average molecular weight is 286 g/mol. The first-order valence-electron chi connectivity index (χ1n) is 6.96. The van der Waals surface area contributed by atoms with Gasteiger partial charge in [-0.3, -0.25) is 4.90 Å². The van der Waals surface area contributed by atoms with E-state index in [0.29, 0.717) is 24.1 Å². The van der Waals surface area contributed by atoms with Crippen molar-refractivity contribution >= 4 is 0 Å². The van der Waals surface area contributed by atoms with Gasteiger partial charge in [-0.15, -0.1) is 0 Å². The highest BCUT2D eigenvalue weighted by molar-refractivity contribution is 5.28. The number of likely N-dealkylation sites (tertiary alicyclic amines) is 1. The highest BCUT2D eigenvalue weighted by Gasteiger charge is 2.34. The molecule has 0 amide bonds. The van der Waals surface area contributed by atoms with Crippen molar-refractivity contribution in [1.82, 2.24) is 4.90 Å². The van der Waals surface area contributed by atoms with Gasteiger partial charge in [-0.25, -0.2) is 0 Å². The Balaban J connectivity index is 2.28. The molecule has 0 saturated carbocycles. The molecule has 0 aromatic heterocycles. The number of nitrogens with zero attached hydrogens (tertiary/aromatic N) is 1. The maximum Gasteiger partial charge on any atom is 0.416 e. The second-order valence-corrected chi connectivity index (χ2v) is 5.76. The summed E-state index contributed by atoms with van der Waals surface area (Å²) < 4.78 is 38.4. The molecule has 1 fully saturated rings. The van der Waals surface area contributed by atoms with E-state index in [9.17, 15) is 13.2 Å². The molecule has 2 nitrogen and oxygen atoms in total. The molecular formula is C15H21F3N2. The zero-order valence-electron chi connectivity index (χ0n) is 11.8. The van der Waals surface area contributed by atoms with Crippen LogP contribution < -0.4 is 5.73 Å². The van der Waals surface area contributed by atoms with Gasteiger partial charge >= 0.3 is 6.18 Å². The quantitative estimate of drug-likeness (QED) is 0.922. The molecule has 1 saturated heterocycles. The summed E-state index contributed by atoms with van der Waals surface area (Å²) in [6.07, 6.45) is -3.24. The maximum absolute atomic E-state index is 12.8. The van der Waals surface area contributed by atoms with E-state index in [0.717, 1.165) is 19.0 Å². The molecule has 1 aromatic rings. The minimum Gasteiger partial charge on any atom is -0.329 e. The average Bonchev–Trinajstić information content (AvgIpc) is 2.69. The number of hydrogen-bond acceptors (Lipinski definition) is 2. The normalized spacial score (nSPS) is 25.9. The molecular weight excluding hydrogens is 265 g/mol. The van der Waals surface area contributed by atoms with E-state index in [4.69, 9.17) is 5.73 Å². The van der Waals surface area contributed by atoms with Crippen LogP contribution in [0.4, 0.5) is 13.2 Å². The summed E-state index contributed by atoms with van der Waals surface area (Å²) in [6.45, 7) is 5.49. The molecule has 1 aliphatic heterocycles. The molecule has 1 aliphatic rings. The molecule has 112 valence electrons. The van der Waals surface area contributed by atoms with Gasteiger partial charge in [0.25, 0.3) is 0 Å². The number of rotatable bonds is 3. The van der Waals surface area contributed by atoms with Crippen molar-refractivity contribution in [2.75, 3.05) is 13.1 Å². The van der Waals surface area contributed by atoms with E-state index < -0.39 is 11.7 Å². The maximum atomic E-state index is 12.8. The molecule has 1 heterocycles. The molecule has 0 bridgehead atoms. The lowest BCUT2D eigenvalue weighted by molar-refractivity contribution is -0.137. The van der Waals surface area contributed by atoms with E-state index >= 15 is 0 Å². The summed E-state index contributed by atoms with van der Waals surface area (Å²) in [5.41, 5.74) is 5.88. The highest BCUT2D eigenvalue weighted by Crippen LogP contribution is 2.34. The number of hydrogen-bond donors (Lipinski definition) is 1. The highest BCUT2D eigenvalue weighted by atomic mass is 19.4. The third-order valence-corrected chi connectivity index (χ3v) is 4.05. The minimum atomic E-state index is -4.31. The standard InChI is InChI=1S/C15H21F3N2/c1-10-6-11(2)20(9-10)14(8-19)12-4-3-5-13(7-12)15(16,17)18/h3-5,7,10-11,14H,6,8-9,19H2,1-2H3. The first kappa shape index (κ1) is 15.3. The Labute approximate surface area is 117 Å². The number of benzene rings is 1. The fraction of sp³-hybridized carbons (Fsp3) is 0.600. The lowest BCUT2D eigenvalue weighted by Gasteiger charge is -2.31. The van der Waals surface area contributed by atoms with E-state index in [-0.39, 0.29) is 6.04 Å². The van der Waals surface area contributed by atoms with Crippen molar-refractivity contribution in [3.05, 3.63) is 35.4 Å². The molecule has 0 aliphatic carbocycles. The molecule has 3 unspecified atom stereocenters. The Bertz CT molecular complexity index is 459. The Morgan fingerprint density at radius 3 is 2.55 bits per heavy atom. The first-order chi connectivity index (χ1) is 9.32. The van der Waals surface area contributed by atoms with Crippen LogP contribution in [0.3, 0.4) is 0 Å². The van der Waals surface area contributed by atoms with Crippen LogP contribution in [0.5, 0.6) is 0 Å². The zero-order chi connectivity index (χ0) is 14.9. The lowest BCUT2D eigenvalue weighted by atomic mass is 10.0. The SMILES string of the molecule is CC1CC(C)N(C(CN)c2cccc(C(F)(F)F)c2)C1. The van der Waals surface area contributed by atoms with Crippen molar-refractivity contribution in [1.29, 1.82) is 0 Å². The summed E-state index contributed by atoms with van der Waals surface area (Å²) in [6, 6.07) is 5.75. The van der Waals surface area contributed by atoms with Crippen LogP contribution in [-0.4, -0.2) is 24.0 Å². The van der Waals surface area contributed by atoms with E-state index in [1.54, 1.807) is 6.07 Å². The van der Waals surface area contributed by atoms with Crippen molar-refractivity contribution in [2.24, 2.45) is 11.7 Å². The van der Waals surface area contributed by atoms with Gasteiger partial charge in [-0.1, -0.05) is 19.1 Å². The molecule has 0 radical (unpaired) electrons. The smallest absolute Gasteiger partial charge is 0.329 e. The Kier molecular flexibility index (Phi) is 4.39. The molecule has 1 aromatic carbocycles. The summed E-state index contributed by atoms with van der Waals surface area (Å²) in [5, 5.41) is 0. The molecule has 2 N–H and O–H groups in total. The molecule has 2 rings (SSSR count). The van der Waals surface area contributed by atoms with E-state index in [1.807, 2.05) is 0 Å². The van der Waals surface area contributed by atoms with Crippen molar-refractivity contribution in [3.63, 3.8) is 0 Å². The largest absolute Gasteiger partial charge is 0.416 e. The molecule has 5 heteroatoms. The van der Waals surface area contributed by atoms with Gasteiger partial charge in [-0.2, -0.15) is 13.2 Å². The molecule has 0 spiro atoms. The minimum absolute atomic E-state index is 0.141. The van der Waals surface area contributed by atoms with Crippen LogP contribution in [-0.2, 0) is 6.18 Å². The fourth-order valence-corrected chi connectivity index (χ4v) is 3.15. The summed E-state index contributed by atoms with van der Waals surface area (Å²) in [4.78, 5) is 2.22.